The number of hydrogen-bond donors (Lipinski definition) is 2. The fraction of sp³-hybridized carbons (Fsp3) is 0.529. The van der Waals surface area contributed by atoms with E-state index in [0.29, 0.717) is 12.0 Å². The number of carbonyl (C=O) groups is 2. The summed E-state index contributed by atoms with van der Waals surface area (Å²) in [5, 5.41) is 20.7. The van der Waals surface area contributed by atoms with Crippen molar-refractivity contribution >= 4 is 18.0 Å². The van der Waals surface area contributed by atoms with E-state index in [-0.39, 0.29) is 16.7 Å². The Balaban J connectivity index is 2.49. The molecular weight excluding hydrogens is 486 g/mol. The number of carboxylic acid groups (broad SMARTS) is 1. The third-order valence-electron chi connectivity index (χ3n) is 8.77. The molecule has 39 heavy (non-hydrogen) atoms. The smallest absolute Gasteiger partial charge is 0.326 e. The molecule has 0 bridgehead atoms. The Bertz CT molecular complexity index is 1200. The van der Waals surface area contributed by atoms with E-state index in [0.717, 1.165) is 41.5 Å². The number of likely N-dealkylation sites (N-methyl/N-ethyl adjacent to an activating group) is 1. The van der Waals surface area contributed by atoms with Gasteiger partial charge in [0.15, 0.2) is 0 Å². The Morgan fingerprint density at radius 1 is 0.949 bits per heavy atom. The molecule has 2 rings (SSSR count). The average Bonchev–Trinajstić information content (AvgIpc) is 2.87. The zero-order chi connectivity index (χ0) is 29.8. The SMILES string of the molecule is CCCC(O)(/C=C/c1ccc(C(CC)(CC)c2ccc(C(=O)N(C)C(C)C(=O)O)c(C)c2)cc1C)C(C)(C)C. The lowest BCUT2D eigenvalue weighted by Crippen LogP contribution is -2.40. The summed E-state index contributed by atoms with van der Waals surface area (Å²) in [5.41, 5.74) is 4.58. The molecule has 5 heteroatoms. The van der Waals surface area contributed by atoms with Gasteiger partial charge in [-0.05, 0) is 79.3 Å². The molecule has 0 spiro atoms. The number of benzene rings is 2. The monoisotopic (exact) mass is 535 g/mol. The van der Waals surface area contributed by atoms with Gasteiger partial charge in [-0.25, -0.2) is 4.79 Å². The maximum absolute atomic E-state index is 13.0. The summed E-state index contributed by atoms with van der Waals surface area (Å²) in [4.78, 5) is 25.7. The Hall–Kier alpha value is -2.92. The van der Waals surface area contributed by atoms with Crippen LogP contribution in [0.25, 0.3) is 6.08 Å². The molecule has 2 atom stereocenters. The number of carbonyl (C=O) groups excluding carboxylic acids is 1. The first-order valence-electron chi connectivity index (χ1n) is 14.2. The van der Waals surface area contributed by atoms with E-state index in [1.54, 1.807) is 0 Å². The van der Waals surface area contributed by atoms with Crippen molar-refractivity contribution in [1.29, 1.82) is 0 Å². The van der Waals surface area contributed by atoms with Crippen LogP contribution in [0, 0.1) is 19.3 Å². The Morgan fingerprint density at radius 3 is 1.92 bits per heavy atom. The molecule has 2 unspecified atom stereocenters. The Kier molecular flexibility index (Phi) is 10.4. The molecule has 5 nitrogen and oxygen atoms in total. The van der Waals surface area contributed by atoms with E-state index in [1.807, 2.05) is 25.1 Å². The molecular formula is C34H49NO4. The fourth-order valence-electron chi connectivity index (χ4n) is 5.44. The van der Waals surface area contributed by atoms with Gasteiger partial charge in [0.05, 0.1) is 5.60 Å². The predicted octanol–water partition coefficient (Wildman–Crippen LogP) is 7.55. The molecule has 0 saturated heterocycles. The van der Waals surface area contributed by atoms with Crippen LogP contribution in [-0.4, -0.2) is 45.7 Å². The molecule has 0 aliphatic heterocycles. The maximum atomic E-state index is 13.0. The van der Waals surface area contributed by atoms with Gasteiger partial charge in [-0.1, -0.05) is 90.4 Å². The molecule has 2 N–H and O–H groups in total. The second-order valence-electron chi connectivity index (χ2n) is 12.1. The number of aliphatic carboxylic acids is 1. The summed E-state index contributed by atoms with van der Waals surface area (Å²) >= 11 is 0. The summed E-state index contributed by atoms with van der Waals surface area (Å²) in [6.07, 6.45) is 7.42. The minimum Gasteiger partial charge on any atom is -0.480 e. The van der Waals surface area contributed by atoms with Crippen molar-refractivity contribution in [2.45, 2.75) is 105 Å². The van der Waals surface area contributed by atoms with Crippen molar-refractivity contribution in [3.8, 4) is 0 Å². The molecule has 0 fully saturated rings. The topological polar surface area (TPSA) is 77.8 Å². The highest BCUT2D eigenvalue weighted by atomic mass is 16.4. The van der Waals surface area contributed by atoms with E-state index in [9.17, 15) is 19.8 Å². The Labute approximate surface area is 235 Å². The number of hydrogen-bond acceptors (Lipinski definition) is 3. The lowest BCUT2D eigenvalue weighted by molar-refractivity contribution is -0.141. The second-order valence-corrected chi connectivity index (χ2v) is 12.1. The normalized spacial score (nSPS) is 14.7. The molecule has 2 aromatic rings. The number of amides is 1. The van der Waals surface area contributed by atoms with Gasteiger partial charge in [0.1, 0.15) is 6.04 Å². The van der Waals surface area contributed by atoms with Crippen molar-refractivity contribution < 1.29 is 19.8 Å². The van der Waals surface area contributed by atoms with Gasteiger partial charge in [0, 0.05) is 18.0 Å². The lowest BCUT2D eigenvalue weighted by Gasteiger charge is -2.38. The van der Waals surface area contributed by atoms with Crippen LogP contribution in [-0.2, 0) is 10.2 Å². The van der Waals surface area contributed by atoms with E-state index >= 15 is 0 Å². The lowest BCUT2D eigenvalue weighted by atomic mass is 9.69. The highest BCUT2D eigenvalue weighted by Crippen LogP contribution is 2.41. The highest BCUT2D eigenvalue weighted by molar-refractivity contribution is 5.97. The van der Waals surface area contributed by atoms with Crippen molar-refractivity contribution in [2.75, 3.05) is 7.05 Å². The van der Waals surface area contributed by atoms with Crippen LogP contribution < -0.4 is 0 Å². The standard InChI is InChI=1S/C34H49NO4/c1-11-19-34(39,32(7,8)9)20-18-26-14-15-27(21-23(26)4)33(12-2,13-3)28-16-17-29(24(5)22-28)30(36)35(10)25(6)31(37)38/h14-18,20-22,25,39H,11-13,19H2,1-10H3,(H,37,38)/b20-18+. The Morgan fingerprint density at radius 2 is 1.49 bits per heavy atom. The van der Waals surface area contributed by atoms with Crippen molar-refractivity contribution in [1.82, 2.24) is 4.90 Å². The van der Waals surface area contributed by atoms with E-state index in [2.05, 4.69) is 78.8 Å². The third kappa shape index (κ3) is 6.63. The van der Waals surface area contributed by atoms with Gasteiger partial charge in [0.25, 0.3) is 5.91 Å². The first-order valence-corrected chi connectivity index (χ1v) is 14.2. The van der Waals surface area contributed by atoms with Crippen molar-refractivity contribution in [3.05, 3.63) is 75.9 Å². The number of aryl methyl sites for hydroxylation is 2. The molecule has 2 aromatic carbocycles. The van der Waals surface area contributed by atoms with Crippen molar-refractivity contribution in [2.24, 2.45) is 5.41 Å². The zero-order valence-electron chi connectivity index (χ0n) is 25.7. The molecule has 0 heterocycles. The molecule has 0 aromatic heterocycles. The first-order chi connectivity index (χ1) is 18.1. The molecule has 0 radical (unpaired) electrons. The van der Waals surface area contributed by atoms with Gasteiger partial charge in [-0.2, -0.15) is 0 Å². The average molecular weight is 536 g/mol. The molecule has 0 aliphatic rings. The molecule has 1 amide bonds. The third-order valence-corrected chi connectivity index (χ3v) is 8.77. The quantitative estimate of drug-likeness (QED) is 0.311. The summed E-state index contributed by atoms with van der Waals surface area (Å²) < 4.78 is 0. The van der Waals surface area contributed by atoms with Crippen LogP contribution in [0.1, 0.15) is 112 Å². The minimum absolute atomic E-state index is 0.228. The van der Waals surface area contributed by atoms with Crippen molar-refractivity contribution in [3.63, 3.8) is 0 Å². The second kappa shape index (κ2) is 12.5. The van der Waals surface area contributed by atoms with Gasteiger partial charge in [-0.15, -0.1) is 0 Å². The summed E-state index contributed by atoms with van der Waals surface area (Å²) in [6.45, 7) is 18.2. The number of carboxylic acids is 1. The van der Waals surface area contributed by atoms with Crippen LogP contribution in [0.15, 0.2) is 42.5 Å². The van der Waals surface area contributed by atoms with Gasteiger partial charge in [0.2, 0.25) is 0 Å². The summed E-state index contributed by atoms with van der Waals surface area (Å²) in [5.74, 6) is -1.32. The van der Waals surface area contributed by atoms with Crippen LogP contribution in [0.2, 0.25) is 0 Å². The molecule has 0 saturated carbocycles. The highest BCUT2D eigenvalue weighted by Gasteiger charge is 2.37. The van der Waals surface area contributed by atoms with Gasteiger partial charge < -0.3 is 15.1 Å². The van der Waals surface area contributed by atoms with E-state index < -0.39 is 17.6 Å². The van der Waals surface area contributed by atoms with Crippen LogP contribution in [0.4, 0.5) is 0 Å². The minimum atomic E-state index is -1.03. The van der Waals surface area contributed by atoms with Crippen LogP contribution >= 0.6 is 0 Å². The number of aliphatic hydroxyl groups is 1. The summed E-state index contributed by atoms with van der Waals surface area (Å²) in [7, 11) is 1.53. The fourth-order valence-corrected chi connectivity index (χ4v) is 5.44. The predicted molar refractivity (Wildman–Crippen MR) is 161 cm³/mol. The van der Waals surface area contributed by atoms with E-state index in [4.69, 9.17) is 0 Å². The van der Waals surface area contributed by atoms with Crippen LogP contribution in [0.3, 0.4) is 0 Å². The zero-order valence-corrected chi connectivity index (χ0v) is 25.7. The largest absolute Gasteiger partial charge is 0.480 e. The summed E-state index contributed by atoms with van der Waals surface area (Å²) in [6, 6.07) is 11.6. The first kappa shape index (κ1) is 32.3. The molecule has 0 aliphatic carbocycles. The maximum Gasteiger partial charge on any atom is 0.326 e. The van der Waals surface area contributed by atoms with Gasteiger partial charge in [-0.3, -0.25) is 4.79 Å². The number of nitrogens with zero attached hydrogens (tertiary/aromatic N) is 1. The van der Waals surface area contributed by atoms with Gasteiger partial charge >= 0.3 is 5.97 Å². The molecule has 214 valence electrons. The number of rotatable bonds is 11. The van der Waals surface area contributed by atoms with E-state index in [1.165, 1.54) is 24.4 Å². The van der Waals surface area contributed by atoms with Crippen LogP contribution in [0.5, 0.6) is 0 Å².